The minimum Gasteiger partial charge on any atom is -0.493 e. The predicted octanol–water partition coefficient (Wildman–Crippen LogP) is -0.756. The van der Waals surface area contributed by atoms with Crippen LogP contribution in [0.2, 0.25) is 0 Å². The molecule has 0 aliphatic rings. The molecule has 0 N–H and O–H groups in total. The SMILES string of the molecule is COc1cc2cc3c4cc(OC)c(OC)cc4cc(OC(C)=O)[n+]3c(C)c2cc1OC.[O-][Cl+3]([O-])([O-])[O-]. The van der Waals surface area contributed by atoms with Crippen molar-refractivity contribution in [3.05, 3.63) is 42.1 Å². The summed E-state index contributed by atoms with van der Waals surface area (Å²) in [6.45, 7) is 3.36. The first-order valence-corrected chi connectivity index (χ1v) is 11.5. The number of pyridine rings is 2. The molecule has 0 unspecified atom stereocenters. The van der Waals surface area contributed by atoms with Gasteiger partial charge in [-0.15, -0.1) is 14.6 Å². The van der Waals surface area contributed by atoms with Crippen molar-refractivity contribution in [2.75, 3.05) is 28.4 Å². The minimum absolute atomic E-state index is 0.402. The number of aryl methyl sites for hydroxylation is 1. The Morgan fingerprint density at radius 1 is 0.722 bits per heavy atom. The lowest BCUT2D eigenvalue weighted by atomic mass is 10.0. The van der Waals surface area contributed by atoms with Gasteiger partial charge in [-0.2, -0.15) is 0 Å². The summed E-state index contributed by atoms with van der Waals surface area (Å²) in [5.74, 6) is 2.48. The van der Waals surface area contributed by atoms with Gasteiger partial charge in [-0.3, -0.25) is 4.79 Å². The molecule has 0 spiro atoms. The molecule has 0 fully saturated rings. The van der Waals surface area contributed by atoms with Crippen LogP contribution in [0.15, 0.2) is 36.4 Å². The number of aromatic nitrogens is 1. The van der Waals surface area contributed by atoms with E-state index in [2.05, 4.69) is 0 Å². The second-order valence-electron chi connectivity index (χ2n) is 7.49. The Morgan fingerprint density at radius 2 is 1.14 bits per heavy atom. The number of methoxy groups -OCH3 is 4. The standard InChI is InChI=1S/C24H24NO6.ClHO4/c1-13-17-11-22(29-5)20(27-3)8-15(17)7-19-18-12-23(30-6)21(28-4)9-16(18)10-24(25(13)19)31-14(2)26;2-1(3,4)5/h7-12H,1-6H3;(H,2,3,4,5)/q+1;/p-1. The lowest BCUT2D eigenvalue weighted by Crippen LogP contribution is -2.68. The van der Waals surface area contributed by atoms with Crippen molar-refractivity contribution in [1.82, 2.24) is 0 Å². The van der Waals surface area contributed by atoms with Gasteiger partial charge in [-0.25, -0.2) is 18.6 Å². The van der Waals surface area contributed by atoms with Gasteiger partial charge in [-0.1, -0.05) is 0 Å². The van der Waals surface area contributed by atoms with Crippen molar-refractivity contribution in [3.63, 3.8) is 0 Å². The first-order valence-electron chi connectivity index (χ1n) is 10.3. The number of carbonyl (C=O) groups is 1. The fraction of sp³-hybridized carbons (Fsp3) is 0.250. The number of hydrogen-bond acceptors (Lipinski definition) is 10. The first-order chi connectivity index (χ1) is 16.9. The van der Waals surface area contributed by atoms with E-state index in [-0.39, 0.29) is 0 Å². The summed E-state index contributed by atoms with van der Waals surface area (Å²) in [6.07, 6.45) is 0. The van der Waals surface area contributed by atoms with E-state index < -0.39 is 16.2 Å². The number of halogens is 1. The van der Waals surface area contributed by atoms with Gasteiger partial charge < -0.3 is 23.7 Å². The van der Waals surface area contributed by atoms with Crippen molar-refractivity contribution >= 4 is 33.0 Å². The van der Waals surface area contributed by atoms with Crippen LogP contribution in [-0.4, -0.2) is 34.4 Å². The number of fused-ring (bicyclic) bond motifs is 4. The van der Waals surface area contributed by atoms with Gasteiger partial charge in [0.2, 0.25) is 5.52 Å². The predicted molar refractivity (Wildman–Crippen MR) is 117 cm³/mol. The van der Waals surface area contributed by atoms with Crippen LogP contribution < -0.4 is 46.7 Å². The Bertz CT molecular complexity index is 1440. The summed E-state index contributed by atoms with van der Waals surface area (Å²) in [5.41, 5.74) is 1.74. The average Bonchev–Trinajstić information content (AvgIpc) is 2.81. The van der Waals surface area contributed by atoms with Gasteiger partial charge in [0.25, 0.3) is 0 Å². The van der Waals surface area contributed by atoms with Crippen LogP contribution >= 0.6 is 0 Å². The highest BCUT2D eigenvalue weighted by Crippen LogP contribution is 2.38. The lowest BCUT2D eigenvalue weighted by Gasteiger charge is -2.17. The molecule has 2 heterocycles. The van der Waals surface area contributed by atoms with Crippen LogP contribution in [0, 0.1) is 17.2 Å². The first kappa shape index (κ1) is 27.0. The zero-order valence-electron chi connectivity index (χ0n) is 20.4. The monoisotopic (exact) mass is 521 g/mol. The molecule has 0 bridgehead atoms. The molecular formula is C24H24ClNO10. The van der Waals surface area contributed by atoms with Crippen molar-refractivity contribution in [3.8, 4) is 28.9 Å². The second-order valence-corrected chi connectivity index (χ2v) is 8.25. The minimum atomic E-state index is -4.94. The molecule has 0 radical (unpaired) electrons. The third-order valence-corrected chi connectivity index (χ3v) is 5.39. The summed E-state index contributed by atoms with van der Waals surface area (Å²) in [5, 5.41) is 3.69. The maximum absolute atomic E-state index is 11.9. The Labute approximate surface area is 208 Å². The Morgan fingerprint density at radius 3 is 1.58 bits per heavy atom. The fourth-order valence-electron chi connectivity index (χ4n) is 3.98. The van der Waals surface area contributed by atoms with E-state index in [1.165, 1.54) is 6.92 Å². The third-order valence-electron chi connectivity index (χ3n) is 5.39. The van der Waals surface area contributed by atoms with Gasteiger partial charge in [0.1, 0.15) is 0 Å². The summed E-state index contributed by atoms with van der Waals surface area (Å²) in [4.78, 5) is 11.9. The highest BCUT2D eigenvalue weighted by atomic mass is 35.7. The number of ether oxygens (including phenoxy) is 5. The third kappa shape index (κ3) is 5.61. The number of nitrogens with zero attached hydrogens (tertiary/aromatic N) is 1. The van der Waals surface area contributed by atoms with Crippen LogP contribution in [-0.2, 0) is 4.79 Å². The van der Waals surface area contributed by atoms with Crippen molar-refractivity contribution in [2.24, 2.45) is 0 Å². The molecule has 0 aliphatic carbocycles. The van der Waals surface area contributed by atoms with Gasteiger partial charge in [0.15, 0.2) is 28.7 Å². The summed E-state index contributed by atoms with van der Waals surface area (Å²) < 4.78 is 63.4. The van der Waals surface area contributed by atoms with Gasteiger partial charge in [-0.05, 0) is 29.7 Å². The average molecular weight is 522 g/mol. The number of hydrogen-bond donors (Lipinski definition) is 0. The zero-order chi connectivity index (χ0) is 26.8. The van der Waals surface area contributed by atoms with E-state index in [1.54, 1.807) is 28.4 Å². The number of esters is 1. The van der Waals surface area contributed by atoms with Crippen LogP contribution in [0.5, 0.6) is 28.9 Å². The normalized spacial score (nSPS) is 11.2. The molecule has 0 atom stereocenters. The molecule has 0 saturated heterocycles. The number of rotatable bonds is 5. The van der Waals surface area contributed by atoms with Crippen molar-refractivity contribution in [1.29, 1.82) is 0 Å². The molecule has 2 aromatic heterocycles. The molecule has 0 amide bonds. The Kier molecular flexibility index (Phi) is 7.92. The van der Waals surface area contributed by atoms with Crippen LogP contribution in [0.25, 0.3) is 27.1 Å². The van der Waals surface area contributed by atoms with E-state index >= 15 is 0 Å². The lowest BCUT2D eigenvalue weighted by molar-refractivity contribution is -2.00. The molecule has 36 heavy (non-hydrogen) atoms. The molecule has 4 rings (SSSR count). The fourth-order valence-corrected chi connectivity index (χ4v) is 3.98. The van der Waals surface area contributed by atoms with Crippen LogP contribution in [0.1, 0.15) is 12.6 Å². The molecule has 12 heteroatoms. The van der Waals surface area contributed by atoms with Crippen molar-refractivity contribution in [2.45, 2.75) is 13.8 Å². The molecule has 0 aliphatic heterocycles. The zero-order valence-corrected chi connectivity index (χ0v) is 21.1. The summed E-state index contributed by atoms with van der Waals surface area (Å²) >= 11 is 0. The molecule has 2 aromatic carbocycles. The second kappa shape index (κ2) is 10.6. The van der Waals surface area contributed by atoms with Gasteiger partial charge >= 0.3 is 11.8 Å². The van der Waals surface area contributed by atoms with E-state index in [9.17, 15) is 4.79 Å². The Balaban J connectivity index is 0.000000658. The summed E-state index contributed by atoms with van der Waals surface area (Å²) in [6, 6.07) is 11.5. The molecule has 4 aromatic rings. The molecule has 0 saturated carbocycles. The van der Waals surface area contributed by atoms with Crippen LogP contribution in [0.3, 0.4) is 0 Å². The highest BCUT2D eigenvalue weighted by Gasteiger charge is 2.25. The molecular weight excluding hydrogens is 498 g/mol. The van der Waals surface area contributed by atoms with Crippen molar-refractivity contribution < 1.29 is 61.8 Å². The van der Waals surface area contributed by atoms with E-state index in [0.717, 1.165) is 32.8 Å². The van der Waals surface area contributed by atoms with Gasteiger partial charge in [0, 0.05) is 25.3 Å². The van der Waals surface area contributed by atoms with Gasteiger partial charge in [0.05, 0.1) is 45.3 Å². The molecule has 11 nitrogen and oxygen atoms in total. The maximum Gasteiger partial charge on any atom is 0.382 e. The molecule has 192 valence electrons. The summed E-state index contributed by atoms with van der Waals surface area (Å²) in [7, 11) is 1.45. The quantitative estimate of drug-likeness (QED) is 0.141. The van der Waals surface area contributed by atoms with E-state index in [4.69, 9.17) is 42.3 Å². The largest absolute Gasteiger partial charge is 0.493 e. The number of carbonyl (C=O) groups excluding carboxylic acids is 1. The van der Waals surface area contributed by atoms with E-state index in [0.29, 0.717) is 28.9 Å². The maximum atomic E-state index is 11.9. The van der Waals surface area contributed by atoms with E-state index in [1.807, 2.05) is 47.7 Å². The smallest absolute Gasteiger partial charge is 0.382 e. The highest BCUT2D eigenvalue weighted by molar-refractivity contribution is 6.00. The Hall–Kier alpha value is -3.61. The topological polar surface area (TPSA) is 160 Å². The van der Waals surface area contributed by atoms with Crippen LogP contribution in [0.4, 0.5) is 0 Å². The number of benzene rings is 2.